The van der Waals surface area contributed by atoms with E-state index in [0.717, 1.165) is 39.1 Å². The van der Waals surface area contributed by atoms with Crippen LogP contribution in [0.4, 0.5) is 0 Å². The Bertz CT molecular complexity index is 2920. The minimum absolute atomic E-state index is 0.641. The van der Waals surface area contributed by atoms with Gasteiger partial charge in [-0.2, -0.15) is 5.26 Å². The lowest BCUT2D eigenvalue weighted by molar-refractivity contribution is 1.18. The van der Waals surface area contributed by atoms with E-state index in [-0.39, 0.29) is 0 Å². The van der Waals surface area contributed by atoms with Gasteiger partial charge in [0.05, 0.1) is 22.7 Å². The van der Waals surface area contributed by atoms with E-state index in [1.54, 1.807) is 0 Å². The summed E-state index contributed by atoms with van der Waals surface area (Å²) in [7, 11) is 0. The highest BCUT2D eigenvalue weighted by Gasteiger charge is 2.18. The average Bonchev–Trinajstić information content (AvgIpc) is 3.57. The maximum absolute atomic E-state index is 10.2. The van der Waals surface area contributed by atoms with Crippen molar-refractivity contribution in [1.29, 1.82) is 5.26 Å². The van der Waals surface area contributed by atoms with Gasteiger partial charge in [-0.1, -0.05) is 152 Å². The lowest BCUT2D eigenvalue weighted by Gasteiger charge is -2.18. The first-order chi connectivity index (χ1) is 26.2. The summed E-state index contributed by atoms with van der Waals surface area (Å²) < 4.78 is 2.35. The van der Waals surface area contributed by atoms with Gasteiger partial charge in [0.2, 0.25) is 0 Å². The van der Waals surface area contributed by atoms with Crippen LogP contribution in [0.25, 0.3) is 93.5 Å². The third-order valence-electron chi connectivity index (χ3n) is 10.6. The highest BCUT2D eigenvalue weighted by Crippen LogP contribution is 2.44. The Morgan fingerprint density at radius 2 is 0.717 bits per heavy atom. The molecule has 0 aliphatic carbocycles. The van der Waals surface area contributed by atoms with Crippen molar-refractivity contribution >= 4 is 43.4 Å². The van der Waals surface area contributed by atoms with Gasteiger partial charge in [-0.3, -0.25) is 0 Å². The average molecular weight is 673 g/mol. The Labute approximate surface area is 308 Å². The zero-order chi connectivity index (χ0) is 35.3. The number of para-hydroxylation sites is 2. The van der Waals surface area contributed by atoms with E-state index in [9.17, 15) is 5.26 Å². The van der Waals surface area contributed by atoms with E-state index >= 15 is 0 Å². The Kier molecular flexibility index (Phi) is 7.23. The molecule has 0 saturated carbocycles. The Hall–Kier alpha value is -7.21. The molecule has 2 heteroatoms. The van der Waals surface area contributed by atoms with E-state index < -0.39 is 0 Å². The topological polar surface area (TPSA) is 28.7 Å². The minimum Gasteiger partial charge on any atom is -0.309 e. The fourth-order valence-electron chi connectivity index (χ4n) is 8.22. The summed E-state index contributed by atoms with van der Waals surface area (Å²) in [5, 5.41) is 17.5. The third kappa shape index (κ3) is 5.10. The van der Waals surface area contributed by atoms with Crippen LogP contribution in [0.5, 0.6) is 0 Å². The molecule has 0 bridgehead atoms. The van der Waals surface area contributed by atoms with Gasteiger partial charge in [0.25, 0.3) is 0 Å². The molecule has 10 rings (SSSR count). The first-order valence-corrected chi connectivity index (χ1v) is 18.0. The van der Waals surface area contributed by atoms with Crippen LogP contribution < -0.4 is 0 Å². The summed E-state index contributed by atoms with van der Waals surface area (Å²) in [5.41, 5.74) is 13.2. The van der Waals surface area contributed by atoms with Crippen molar-refractivity contribution in [3.05, 3.63) is 200 Å². The standard InChI is InChI=1S/C51H32N2/c52-33-34-30-39(32-40(31-34)51-46-18-6-4-16-44(46)50(38-12-2-1-3-13-38)45-17-5-7-19-47(45)51)37-24-22-35(23-25-37)36-26-28-41(29-27-36)53-48-20-10-8-14-42(48)43-15-9-11-21-49(43)53/h1-32H. The quantitative estimate of drug-likeness (QED) is 0.167. The molecule has 53 heavy (non-hydrogen) atoms. The van der Waals surface area contributed by atoms with Crippen molar-refractivity contribution in [3.63, 3.8) is 0 Å². The predicted octanol–water partition coefficient (Wildman–Crippen LogP) is 13.6. The van der Waals surface area contributed by atoms with Crippen molar-refractivity contribution in [3.8, 4) is 56.3 Å². The van der Waals surface area contributed by atoms with Gasteiger partial charge in [0.15, 0.2) is 0 Å². The van der Waals surface area contributed by atoms with Crippen LogP contribution >= 0.6 is 0 Å². The molecule has 0 radical (unpaired) electrons. The van der Waals surface area contributed by atoms with Crippen LogP contribution in [0.15, 0.2) is 194 Å². The molecule has 0 fully saturated rings. The first kappa shape index (κ1) is 30.6. The lowest BCUT2D eigenvalue weighted by atomic mass is 9.85. The normalized spacial score (nSPS) is 11.4. The number of aromatic nitrogens is 1. The molecule has 0 aliphatic heterocycles. The number of nitrogens with zero attached hydrogens (tertiary/aromatic N) is 2. The van der Waals surface area contributed by atoms with E-state index in [2.05, 4.69) is 193 Å². The van der Waals surface area contributed by atoms with Crippen molar-refractivity contribution in [2.45, 2.75) is 0 Å². The Morgan fingerprint density at radius 3 is 1.23 bits per heavy atom. The van der Waals surface area contributed by atoms with Crippen LogP contribution in [-0.4, -0.2) is 4.57 Å². The second-order valence-corrected chi connectivity index (χ2v) is 13.6. The Balaban J connectivity index is 1.05. The summed E-state index contributed by atoms with van der Waals surface area (Å²) in [5.74, 6) is 0. The number of rotatable bonds is 5. The number of nitriles is 1. The number of hydrogen-bond acceptors (Lipinski definition) is 1. The van der Waals surface area contributed by atoms with Crippen LogP contribution in [0.2, 0.25) is 0 Å². The fourth-order valence-corrected chi connectivity index (χ4v) is 8.22. The maximum Gasteiger partial charge on any atom is 0.0992 e. The van der Waals surface area contributed by atoms with Gasteiger partial charge in [-0.05, 0) is 109 Å². The van der Waals surface area contributed by atoms with Crippen LogP contribution in [0, 0.1) is 11.3 Å². The molecule has 0 spiro atoms. The molecule has 246 valence electrons. The highest BCUT2D eigenvalue weighted by molar-refractivity contribution is 6.21. The van der Waals surface area contributed by atoms with Crippen molar-refractivity contribution in [1.82, 2.24) is 4.57 Å². The molecule has 0 N–H and O–H groups in total. The zero-order valence-electron chi connectivity index (χ0n) is 28.9. The number of fused-ring (bicyclic) bond motifs is 5. The van der Waals surface area contributed by atoms with E-state index in [1.807, 2.05) is 12.1 Å². The molecule has 1 aromatic heterocycles. The van der Waals surface area contributed by atoms with E-state index in [1.165, 1.54) is 54.5 Å². The molecule has 2 nitrogen and oxygen atoms in total. The first-order valence-electron chi connectivity index (χ1n) is 18.0. The van der Waals surface area contributed by atoms with Crippen LogP contribution in [-0.2, 0) is 0 Å². The zero-order valence-corrected chi connectivity index (χ0v) is 28.9. The van der Waals surface area contributed by atoms with Crippen molar-refractivity contribution in [2.24, 2.45) is 0 Å². The van der Waals surface area contributed by atoms with Gasteiger partial charge < -0.3 is 4.57 Å². The maximum atomic E-state index is 10.2. The minimum atomic E-state index is 0.641. The molecule has 0 saturated heterocycles. The summed E-state index contributed by atoms with van der Waals surface area (Å²) in [4.78, 5) is 0. The molecule has 9 aromatic carbocycles. The monoisotopic (exact) mass is 672 g/mol. The number of benzene rings is 9. The summed E-state index contributed by atoms with van der Waals surface area (Å²) >= 11 is 0. The van der Waals surface area contributed by atoms with Gasteiger partial charge >= 0.3 is 0 Å². The second-order valence-electron chi connectivity index (χ2n) is 13.6. The highest BCUT2D eigenvalue weighted by atomic mass is 15.0. The molecule has 0 unspecified atom stereocenters. The summed E-state index contributed by atoms with van der Waals surface area (Å²) in [6.45, 7) is 0. The molecular weight excluding hydrogens is 641 g/mol. The van der Waals surface area contributed by atoms with Gasteiger partial charge in [-0.25, -0.2) is 0 Å². The summed E-state index contributed by atoms with van der Waals surface area (Å²) in [6.07, 6.45) is 0. The van der Waals surface area contributed by atoms with E-state index in [0.29, 0.717) is 5.56 Å². The van der Waals surface area contributed by atoms with Crippen molar-refractivity contribution in [2.75, 3.05) is 0 Å². The van der Waals surface area contributed by atoms with E-state index in [4.69, 9.17) is 0 Å². The second kappa shape index (κ2) is 12.5. The molecule has 10 aromatic rings. The van der Waals surface area contributed by atoms with Crippen LogP contribution in [0.3, 0.4) is 0 Å². The smallest absolute Gasteiger partial charge is 0.0992 e. The van der Waals surface area contributed by atoms with Gasteiger partial charge in [0, 0.05) is 16.5 Å². The molecule has 0 aliphatic rings. The summed E-state index contributed by atoms with van der Waals surface area (Å²) in [6, 6.07) is 71.4. The van der Waals surface area contributed by atoms with Crippen LogP contribution in [0.1, 0.15) is 5.56 Å². The largest absolute Gasteiger partial charge is 0.309 e. The predicted molar refractivity (Wildman–Crippen MR) is 222 cm³/mol. The van der Waals surface area contributed by atoms with Gasteiger partial charge in [-0.15, -0.1) is 0 Å². The molecular formula is C51H32N2. The fraction of sp³-hybridized carbons (Fsp3) is 0. The molecule has 1 heterocycles. The molecule has 0 atom stereocenters. The van der Waals surface area contributed by atoms with Crippen molar-refractivity contribution < 1.29 is 0 Å². The molecule has 0 amide bonds. The number of hydrogen-bond donors (Lipinski definition) is 0. The van der Waals surface area contributed by atoms with Gasteiger partial charge in [0.1, 0.15) is 0 Å². The Morgan fingerprint density at radius 1 is 0.321 bits per heavy atom. The lowest BCUT2D eigenvalue weighted by Crippen LogP contribution is -1.93. The SMILES string of the molecule is N#Cc1cc(-c2ccc(-c3ccc(-n4c5ccccc5c5ccccc54)cc3)cc2)cc(-c2c3ccccc3c(-c3ccccc3)c3ccccc23)c1. The third-order valence-corrected chi connectivity index (χ3v) is 10.6.